The number of hydrogen-bond donors (Lipinski definition) is 1. The average molecular weight is 311 g/mol. The molecule has 6 heteroatoms. The first-order chi connectivity index (χ1) is 9.86. The van der Waals surface area contributed by atoms with Crippen molar-refractivity contribution in [3.63, 3.8) is 0 Å². The lowest BCUT2D eigenvalue weighted by atomic mass is 10.1. The zero-order valence-corrected chi connectivity index (χ0v) is 14.0. The van der Waals surface area contributed by atoms with Gasteiger partial charge in [-0.3, -0.25) is 0 Å². The third-order valence-corrected chi connectivity index (χ3v) is 5.95. The van der Waals surface area contributed by atoms with Gasteiger partial charge in [0, 0.05) is 25.7 Å². The van der Waals surface area contributed by atoms with Gasteiger partial charge in [0.05, 0.1) is 4.90 Å². The molecule has 5 nitrogen and oxygen atoms in total. The minimum absolute atomic E-state index is 0.278. The monoisotopic (exact) mass is 311 g/mol. The Hall–Kier alpha value is -0.950. The van der Waals surface area contributed by atoms with Gasteiger partial charge in [0.15, 0.2) is 0 Å². The standard InChI is InChI=1S/C15H25N3O2S/c1-12-10-18(11-15(12)17(3)4)21(19,20)14-7-5-6-13(8-14)9-16-2/h5-8,12,15-16H,9-11H2,1-4H3. The van der Waals surface area contributed by atoms with Crippen molar-refractivity contribution < 1.29 is 8.42 Å². The van der Waals surface area contributed by atoms with Crippen molar-refractivity contribution in [2.45, 2.75) is 24.4 Å². The number of sulfonamides is 1. The van der Waals surface area contributed by atoms with Gasteiger partial charge in [0.2, 0.25) is 10.0 Å². The Bertz CT molecular complexity index is 586. The molecule has 1 saturated heterocycles. The molecule has 0 aromatic heterocycles. The molecule has 0 saturated carbocycles. The molecule has 0 aliphatic carbocycles. The lowest BCUT2D eigenvalue weighted by Gasteiger charge is -2.22. The van der Waals surface area contributed by atoms with Gasteiger partial charge >= 0.3 is 0 Å². The quantitative estimate of drug-likeness (QED) is 0.881. The van der Waals surface area contributed by atoms with Crippen molar-refractivity contribution in [2.24, 2.45) is 5.92 Å². The maximum absolute atomic E-state index is 12.8. The Morgan fingerprint density at radius 2 is 2.05 bits per heavy atom. The second kappa shape index (κ2) is 6.44. The van der Waals surface area contributed by atoms with Gasteiger partial charge < -0.3 is 10.2 Å². The second-order valence-corrected chi connectivity index (χ2v) is 7.95. The third kappa shape index (κ3) is 3.45. The maximum atomic E-state index is 12.8. The Labute approximate surface area is 128 Å². The lowest BCUT2D eigenvalue weighted by Crippen LogP contribution is -2.35. The zero-order chi connectivity index (χ0) is 15.6. The van der Waals surface area contributed by atoms with Crippen LogP contribution in [0.4, 0.5) is 0 Å². The van der Waals surface area contributed by atoms with Crippen molar-refractivity contribution >= 4 is 10.0 Å². The van der Waals surface area contributed by atoms with Crippen molar-refractivity contribution in [3.8, 4) is 0 Å². The van der Waals surface area contributed by atoms with Crippen molar-refractivity contribution in [1.29, 1.82) is 0 Å². The third-order valence-electron chi connectivity index (χ3n) is 4.12. The second-order valence-electron chi connectivity index (χ2n) is 6.01. The minimum Gasteiger partial charge on any atom is -0.316 e. The fourth-order valence-corrected chi connectivity index (χ4v) is 4.57. The summed E-state index contributed by atoms with van der Waals surface area (Å²) >= 11 is 0. The molecule has 1 fully saturated rings. The molecule has 2 atom stereocenters. The summed E-state index contributed by atoms with van der Waals surface area (Å²) in [5.41, 5.74) is 0.981. The van der Waals surface area contributed by atoms with Gasteiger partial charge in [-0.2, -0.15) is 4.31 Å². The summed E-state index contributed by atoms with van der Waals surface area (Å²) in [5, 5.41) is 3.05. The highest BCUT2D eigenvalue weighted by molar-refractivity contribution is 7.89. The summed E-state index contributed by atoms with van der Waals surface area (Å²) in [7, 11) is 2.46. The van der Waals surface area contributed by atoms with E-state index in [-0.39, 0.29) is 6.04 Å². The summed E-state index contributed by atoms with van der Waals surface area (Å²) < 4.78 is 27.2. The number of hydrogen-bond acceptors (Lipinski definition) is 4. The van der Waals surface area contributed by atoms with Crippen LogP contribution in [0.15, 0.2) is 29.2 Å². The van der Waals surface area contributed by atoms with E-state index in [1.54, 1.807) is 16.4 Å². The molecular formula is C15H25N3O2S. The zero-order valence-electron chi connectivity index (χ0n) is 13.2. The van der Waals surface area contributed by atoms with Gasteiger partial charge in [0.1, 0.15) is 0 Å². The molecule has 1 aliphatic heterocycles. The van der Waals surface area contributed by atoms with Gasteiger partial charge in [-0.05, 0) is 44.8 Å². The van der Waals surface area contributed by atoms with E-state index in [0.29, 0.717) is 30.4 Å². The number of benzene rings is 1. The normalized spacial score (nSPS) is 23.9. The number of nitrogens with zero attached hydrogens (tertiary/aromatic N) is 2. The smallest absolute Gasteiger partial charge is 0.243 e. The topological polar surface area (TPSA) is 52.7 Å². The van der Waals surface area contributed by atoms with Crippen LogP contribution >= 0.6 is 0 Å². The van der Waals surface area contributed by atoms with Crippen LogP contribution in [-0.4, -0.2) is 57.9 Å². The Kier molecular flexibility index (Phi) is 5.03. The van der Waals surface area contributed by atoms with Gasteiger partial charge in [0.25, 0.3) is 0 Å². The fraction of sp³-hybridized carbons (Fsp3) is 0.600. The maximum Gasteiger partial charge on any atom is 0.243 e. The molecule has 0 amide bonds. The molecule has 2 rings (SSSR count). The molecule has 21 heavy (non-hydrogen) atoms. The van der Waals surface area contributed by atoms with Gasteiger partial charge in [-0.25, -0.2) is 8.42 Å². The summed E-state index contributed by atoms with van der Waals surface area (Å²) in [5.74, 6) is 0.343. The first-order valence-corrected chi connectivity index (χ1v) is 8.70. The predicted molar refractivity (Wildman–Crippen MR) is 84.6 cm³/mol. The van der Waals surface area contributed by atoms with E-state index in [4.69, 9.17) is 0 Å². The molecule has 0 spiro atoms. The van der Waals surface area contributed by atoms with Crippen molar-refractivity contribution in [2.75, 3.05) is 34.2 Å². The molecule has 0 bridgehead atoms. The summed E-state index contributed by atoms with van der Waals surface area (Å²) in [6, 6.07) is 7.47. The Morgan fingerprint density at radius 1 is 1.33 bits per heavy atom. The van der Waals surface area contributed by atoms with E-state index in [1.807, 2.05) is 33.3 Å². The number of nitrogens with one attached hydrogen (secondary N) is 1. The first kappa shape index (κ1) is 16.4. The molecule has 2 unspecified atom stereocenters. The van der Waals surface area contributed by atoms with E-state index in [1.165, 1.54) is 0 Å². The van der Waals surface area contributed by atoms with E-state index in [0.717, 1.165) is 5.56 Å². The van der Waals surface area contributed by atoms with E-state index < -0.39 is 10.0 Å². The SMILES string of the molecule is CNCc1cccc(S(=O)(=O)N2CC(C)C(N(C)C)C2)c1. The van der Waals surface area contributed by atoms with Crippen LogP contribution in [0.2, 0.25) is 0 Å². The van der Waals surface area contributed by atoms with Crippen LogP contribution in [0.3, 0.4) is 0 Å². The predicted octanol–water partition coefficient (Wildman–Crippen LogP) is 0.977. The molecule has 1 aromatic carbocycles. The number of rotatable bonds is 5. The molecule has 118 valence electrons. The molecule has 1 heterocycles. The average Bonchev–Trinajstić information content (AvgIpc) is 2.82. The van der Waals surface area contributed by atoms with Crippen molar-refractivity contribution in [3.05, 3.63) is 29.8 Å². The Balaban J connectivity index is 2.25. The van der Waals surface area contributed by atoms with Gasteiger partial charge in [-0.1, -0.05) is 19.1 Å². The van der Waals surface area contributed by atoms with Crippen LogP contribution < -0.4 is 5.32 Å². The summed E-state index contributed by atoms with van der Waals surface area (Å²) in [4.78, 5) is 2.50. The van der Waals surface area contributed by atoms with E-state index in [2.05, 4.69) is 17.1 Å². The largest absolute Gasteiger partial charge is 0.316 e. The first-order valence-electron chi connectivity index (χ1n) is 7.26. The van der Waals surface area contributed by atoms with Gasteiger partial charge in [-0.15, -0.1) is 0 Å². The van der Waals surface area contributed by atoms with E-state index in [9.17, 15) is 8.42 Å². The summed E-state index contributed by atoms with van der Waals surface area (Å²) in [6.07, 6.45) is 0. The molecule has 1 N–H and O–H groups in total. The van der Waals surface area contributed by atoms with Crippen LogP contribution in [0.5, 0.6) is 0 Å². The number of likely N-dealkylation sites (N-methyl/N-ethyl adjacent to an activating group) is 1. The van der Waals surface area contributed by atoms with Crippen LogP contribution in [0.25, 0.3) is 0 Å². The summed E-state index contributed by atoms with van der Waals surface area (Å²) in [6.45, 7) is 3.92. The highest BCUT2D eigenvalue weighted by Crippen LogP contribution is 2.26. The van der Waals surface area contributed by atoms with Crippen molar-refractivity contribution in [1.82, 2.24) is 14.5 Å². The van der Waals surface area contributed by atoms with E-state index >= 15 is 0 Å². The van der Waals surface area contributed by atoms with Crippen LogP contribution in [-0.2, 0) is 16.6 Å². The highest BCUT2D eigenvalue weighted by atomic mass is 32.2. The van der Waals surface area contributed by atoms with Crippen LogP contribution in [0, 0.1) is 5.92 Å². The molecule has 1 aromatic rings. The molecular weight excluding hydrogens is 286 g/mol. The lowest BCUT2D eigenvalue weighted by molar-refractivity contribution is 0.263. The molecule has 0 radical (unpaired) electrons. The Morgan fingerprint density at radius 3 is 2.62 bits per heavy atom. The highest BCUT2D eigenvalue weighted by Gasteiger charge is 2.38. The fourth-order valence-electron chi connectivity index (χ4n) is 2.94. The minimum atomic E-state index is -3.40. The molecule has 1 aliphatic rings. The van der Waals surface area contributed by atoms with Crippen LogP contribution in [0.1, 0.15) is 12.5 Å².